The molecule has 6 nitrogen and oxygen atoms in total. The van der Waals surface area contributed by atoms with Gasteiger partial charge < -0.3 is 9.84 Å². The largest absolute Gasteiger partial charge is 0.497 e. The van der Waals surface area contributed by atoms with Gasteiger partial charge >= 0.3 is 5.97 Å². The summed E-state index contributed by atoms with van der Waals surface area (Å²) in [4.78, 5) is 10.8. The molecular weight excluding hydrogens is 222 g/mol. The van der Waals surface area contributed by atoms with Crippen LogP contribution in [0.1, 0.15) is 21.7 Å². The lowest BCUT2D eigenvalue weighted by molar-refractivity contribution is 0.0689. The highest BCUT2D eigenvalue weighted by Gasteiger charge is 2.15. The first kappa shape index (κ1) is 11.1. The number of aromatic nitrogens is 3. The van der Waals surface area contributed by atoms with Crippen LogP contribution in [0.3, 0.4) is 0 Å². The molecule has 0 atom stereocenters. The van der Waals surface area contributed by atoms with Crippen LogP contribution >= 0.6 is 0 Å². The summed E-state index contributed by atoms with van der Waals surface area (Å²) in [5, 5.41) is 18.6. The monoisotopic (exact) mass is 233 g/mol. The zero-order valence-corrected chi connectivity index (χ0v) is 9.17. The maximum absolute atomic E-state index is 10.8. The normalized spacial score (nSPS) is 10.2. The molecule has 17 heavy (non-hydrogen) atoms. The van der Waals surface area contributed by atoms with E-state index in [-0.39, 0.29) is 5.69 Å². The maximum Gasteiger partial charge on any atom is 0.358 e. The minimum atomic E-state index is -1.08. The van der Waals surface area contributed by atoms with Gasteiger partial charge in [0.05, 0.1) is 7.11 Å². The van der Waals surface area contributed by atoms with E-state index in [2.05, 4.69) is 15.4 Å². The second-order valence-electron chi connectivity index (χ2n) is 3.45. The highest BCUT2D eigenvalue weighted by atomic mass is 16.5. The number of H-pyrrole nitrogens is 1. The van der Waals surface area contributed by atoms with Gasteiger partial charge in [0.15, 0.2) is 5.69 Å². The lowest BCUT2D eigenvalue weighted by atomic mass is 10.1. The van der Waals surface area contributed by atoms with Crippen molar-refractivity contribution in [1.82, 2.24) is 15.4 Å². The Balaban J connectivity index is 2.19. The first-order valence-electron chi connectivity index (χ1n) is 4.96. The average Bonchev–Trinajstić information content (AvgIpc) is 2.78. The van der Waals surface area contributed by atoms with Crippen molar-refractivity contribution >= 4 is 5.97 Å². The number of aromatic carboxylic acids is 1. The van der Waals surface area contributed by atoms with Crippen molar-refractivity contribution in [2.75, 3.05) is 7.11 Å². The Morgan fingerprint density at radius 2 is 2.06 bits per heavy atom. The van der Waals surface area contributed by atoms with Gasteiger partial charge in [-0.1, -0.05) is 12.1 Å². The number of nitrogens with zero attached hydrogens (tertiary/aromatic N) is 2. The molecule has 0 bridgehead atoms. The Morgan fingerprint density at radius 3 is 2.65 bits per heavy atom. The van der Waals surface area contributed by atoms with Gasteiger partial charge in [-0.3, -0.25) is 0 Å². The van der Waals surface area contributed by atoms with Crippen LogP contribution < -0.4 is 4.74 Å². The lowest BCUT2D eigenvalue weighted by Gasteiger charge is -2.01. The van der Waals surface area contributed by atoms with Gasteiger partial charge in [-0.05, 0) is 17.7 Å². The van der Waals surface area contributed by atoms with E-state index in [0.717, 1.165) is 11.3 Å². The van der Waals surface area contributed by atoms with Crippen molar-refractivity contribution in [1.29, 1.82) is 0 Å². The second-order valence-corrected chi connectivity index (χ2v) is 3.45. The highest BCUT2D eigenvalue weighted by molar-refractivity contribution is 5.86. The Labute approximate surface area is 97.2 Å². The van der Waals surface area contributed by atoms with Crippen LogP contribution in [0.25, 0.3) is 0 Å². The molecule has 6 heteroatoms. The van der Waals surface area contributed by atoms with Crippen molar-refractivity contribution in [2.45, 2.75) is 6.42 Å². The van der Waals surface area contributed by atoms with Gasteiger partial charge in [0.2, 0.25) is 0 Å². The van der Waals surface area contributed by atoms with Gasteiger partial charge in [0, 0.05) is 6.42 Å². The van der Waals surface area contributed by atoms with Crippen LogP contribution in [0.2, 0.25) is 0 Å². The highest BCUT2D eigenvalue weighted by Crippen LogP contribution is 2.14. The third kappa shape index (κ3) is 2.41. The van der Waals surface area contributed by atoms with Gasteiger partial charge in [-0.2, -0.15) is 10.3 Å². The molecule has 0 spiro atoms. The summed E-state index contributed by atoms with van der Waals surface area (Å²) in [7, 11) is 1.59. The van der Waals surface area contributed by atoms with Gasteiger partial charge in [0.25, 0.3) is 0 Å². The molecule has 0 fully saturated rings. The molecule has 88 valence electrons. The van der Waals surface area contributed by atoms with E-state index in [1.165, 1.54) is 0 Å². The first-order valence-corrected chi connectivity index (χ1v) is 4.96. The quantitative estimate of drug-likeness (QED) is 0.825. The number of rotatable bonds is 4. The smallest absolute Gasteiger partial charge is 0.358 e. The number of hydrogen-bond acceptors (Lipinski definition) is 4. The number of carboxylic acid groups (broad SMARTS) is 1. The number of aromatic amines is 1. The summed E-state index contributed by atoms with van der Waals surface area (Å²) in [5.74, 6) is -0.324. The molecule has 1 aromatic heterocycles. The van der Waals surface area contributed by atoms with Crippen LogP contribution in [0, 0.1) is 0 Å². The SMILES string of the molecule is COc1ccc(Cc2n[nH]nc2C(=O)O)cc1. The van der Waals surface area contributed by atoms with Crippen molar-refractivity contribution in [3.63, 3.8) is 0 Å². The second kappa shape index (κ2) is 4.65. The lowest BCUT2D eigenvalue weighted by Crippen LogP contribution is -2.02. The van der Waals surface area contributed by atoms with Crippen molar-refractivity contribution in [2.24, 2.45) is 0 Å². The third-order valence-corrected chi connectivity index (χ3v) is 2.35. The average molecular weight is 233 g/mol. The molecule has 0 saturated carbocycles. The summed E-state index contributed by atoms with van der Waals surface area (Å²) in [6.45, 7) is 0. The van der Waals surface area contributed by atoms with E-state index in [0.29, 0.717) is 12.1 Å². The maximum atomic E-state index is 10.8. The summed E-state index contributed by atoms with van der Waals surface area (Å²) in [6, 6.07) is 7.35. The fourth-order valence-corrected chi connectivity index (χ4v) is 1.48. The van der Waals surface area contributed by atoms with E-state index >= 15 is 0 Å². The number of methoxy groups -OCH3 is 1. The molecule has 0 saturated heterocycles. The standard InChI is InChI=1S/C11H11N3O3/c1-17-8-4-2-7(3-5-8)6-9-10(11(15)16)13-14-12-9/h2-5H,6H2,1H3,(H,15,16)(H,12,13,14). The summed E-state index contributed by atoms with van der Waals surface area (Å²) < 4.78 is 5.04. The Bertz CT molecular complexity index is 519. The van der Waals surface area contributed by atoms with Gasteiger partial charge in [-0.25, -0.2) is 4.79 Å². The van der Waals surface area contributed by atoms with Gasteiger partial charge in [-0.15, -0.1) is 5.10 Å². The fraction of sp³-hybridized carbons (Fsp3) is 0.182. The Morgan fingerprint density at radius 1 is 1.35 bits per heavy atom. The Kier molecular flexibility index (Phi) is 3.04. The van der Waals surface area contributed by atoms with E-state index in [1.807, 2.05) is 24.3 Å². The van der Waals surface area contributed by atoms with E-state index < -0.39 is 5.97 Å². The molecule has 0 amide bonds. The van der Waals surface area contributed by atoms with Gasteiger partial charge in [0.1, 0.15) is 11.4 Å². The van der Waals surface area contributed by atoms with E-state index in [9.17, 15) is 4.79 Å². The summed E-state index contributed by atoms with van der Waals surface area (Å²) in [6.07, 6.45) is 0.419. The molecule has 0 aliphatic carbocycles. The minimum absolute atomic E-state index is 0.0409. The first-order chi connectivity index (χ1) is 8.20. The Hall–Kier alpha value is -2.37. The van der Waals surface area contributed by atoms with Crippen LogP contribution in [-0.4, -0.2) is 33.6 Å². The third-order valence-electron chi connectivity index (χ3n) is 2.35. The molecular formula is C11H11N3O3. The van der Waals surface area contributed by atoms with Crippen molar-refractivity contribution in [3.8, 4) is 5.75 Å². The van der Waals surface area contributed by atoms with Crippen molar-refractivity contribution < 1.29 is 14.6 Å². The van der Waals surface area contributed by atoms with E-state index in [1.54, 1.807) is 7.11 Å². The number of carbonyl (C=O) groups is 1. The molecule has 2 rings (SSSR count). The van der Waals surface area contributed by atoms with Crippen LogP contribution in [0.4, 0.5) is 0 Å². The number of nitrogens with one attached hydrogen (secondary N) is 1. The molecule has 1 heterocycles. The topological polar surface area (TPSA) is 88.1 Å². The molecule has 2 aromatic rings. The van der Waals surface area contributed by atoms with Crippen LogP contribution in [-0.2, 0) is 6.42 Å². The molecule has 0 unspecified atom stereocenters. The fourth-order valence-electron chi connectivity index (χ4n) is 1.48. The predicted molar refractivity (Wildman–Crippen MR) is 59.1 cm³/mol. The molecule has 0 aliphatic rings. The minimum Gasteiger partial charge on any atom is -0.497 e. The predicted octanol–water partition coefficient (Wildman–Crippen LogP) is 1.10. The molecule has 0 aliphatic heterocycles. The summed E-state index contributed by atoms with van der Waals surface area (Å²) >= 11 is 0. The zero-order valence-electron chi connectivity index (χ0n) is 9.17. The molecule has 2 N–H and O–H groups in total. The van der Waals surface area contributed by atoms with Crippen LogP contribution in [0.15, 0.2) is 24.3 Å². The molecule has 0 radical (unpaired) electrons. The summed E-state index contributed by atoms with van der Waals surface area (Å²) in [5.41, 5.74) is 1.32. The number of carboxylic acids is 1. The van der Waals surface area contributed by atoms with E-state index in [4.69, 9.17) is 9.84 Å². The number of benzene rings is 1. The van der Waals surface area contributed by atoms with Crippen molar-refractivity contribution in [3.05, 3.63) is 41.2 Å². The number of hydrogen-bond donors (Lipinski definition) is 2. The zero-order chi connectivity index (χ0) is 12.3. The molecule has 1 aromatic carbocycles. The van der Waals surface area contributed by atoms with Crippen LogP contribution in [0.5, 0.6) is 5.75 Å². The number of ether oxygens (including phenoxy) is 1.